The van der Waals surface area contributed by atoms with Gasteiger partial charge in [0.2, 0.25) is 15.9 Å². The number of nitrogens with two attached hydrogens (primary N) is 1. The molecule has 0 aliphatic carbocycles. The highest BCUT2D eigenvalue weighted by atomic mass is 32.2. The van der Waals surface area contributed by atoms with Crippen LogP contribution in [-0.2, 0) is 14.8 Å². The van der Waals surface area contributed by atoms with Crippen molar-refractivity contribution in [2.75, 3.05) is 26.2 Å². The molecular formula is C21H21F2N3O4S. The summed E-state index contributed by atoms with van der Waals surface area (Å²) in [5.41, 5.74) is 8.83. The highest BCUT2D eigenvalue weighted by molar-refractivity contribution is 7.89. The first-order chi connectivity index (χ1) is 14.8. The van der Waals surface area contributed by atoms with Crippen LogP contribution in [0.1, 0.15) is 11.6 Å². The molecule has 2 aliphatic rings. The number of alkyl halides is 2. The van der Waals surface area contributed by atoms with Gasteiger partial charge in [0.05, 0.1) is 4.90 Å². The van der Waals surface area contributed by atoms with Crippen molar-refractivity contribution >= 4 is 15.9 Å². The van der Waals surface area contributed by atoms with E-state index in [2.05, 4.69) is 4.74 Å². The molecule has 2 aliphatic heterocycles. The lowest BCUT2D eigenvalue weighted by Crippen LogP contribution is -2.53. The van der Waals surface area contributed by atoms with Gasteiger partial charge in [0, 0.05) is 26.2 Å². The summed E-state index contributed by atoms with van der Waals surface area (Å²) in [5.74, 6) is -0.265. The summed E-state index contributed by atoms with van der Waals surface area (Å²) in [6.45, 7) is -1.58. The molecule has 10 heteroatoms. The van der Waals surface area contributed by atoms with E-state index < -0.39 is 22.7 Å². The van der Waals surface area contributed by atoms with E-state index in [0.29, 0.717) is 13.1 Å². The molecule has 1 unspecified atom stereocenters. The second-order valence-electron chi connectivity index (χ2n) is 7.41. The van der Waals surface area contributed by atoms with Crippen LogP contribution in [0.25, 0.3) is 0 Å². The van der Waals surface area contributed by atoms with Crippen molar-refractivity contribution in [1.29, 1.82) is 0 Å². The second kappa shape index (κ2) is 8.37. The van der Waals surface area contributed by atoms with Gasteiger partial charge < -0.3 is 15.4 Å². The van der Waals surface area contributed by atoms with Crippen molar-refractivity contribution in [3.8, 4) is 5.75 Å². The van der Waals surface area contributed by atoms with Gasteiger partial charge in [-0.2, -0.15) is 13.1 Å². The Morgan fingerprint density at radius 3 is 2.10 bits per heavy atom. The topological polar surface area (TPSA) is 92.9 Å². The number of benzene rings is 2. The molecule has 1 amide bonds. The lowest BCUT2D eigenvalue weighted by Gasteiger charge is -2.42. The molecule has 2 aromatic carbocycles. The number of rotatable bonds is 6. The number of amides is 1. The SMILES string of the molecule is NC(C(=O)N1CC(=C2CN(S(=O)(=O)c3ccc(OC(F)F)cc3)C2)C1)c1ccccc1. The van der Waals surface area contributed by atoms with Crippen molar-refractivity contribution in [2.45, 2.75) is 17.5 Å². The van der Waals surface area contributed by atoms with Gasteiger partial charge in [-0.05, 0) is 41.0 Å². The van der Waals surface area contributed by atoms with Crippen LogP contribution < -0.4 is 10.5 Å². The van der Waals surface area contributed by atoms with Crippen LogP contribution in [0, 0.1) is 0 Å². The van der Waals surface area contributed by atoms with E-state index in [0.717, 1.165) is 16.7 Å². The van der Waals surface area contributed by atoms with Gasteiger partial charge in [-0.3, -0.25) is 4.79 Å². The molecule has 2 saturated heterocycles. The molecule has 4 rings (SSSR count). The summed E-state index contributed by atoms with van der Waals surface area (Å²) in [5, 5.41) is 0. The normalized spacial score (nSPS) is 17.9. The maximum Gasteiger partial charge on any atom is 0.387 e. The molecular weight excluding hydrogens is 428 g/mol. The third kappa shape index (κ3) is 4.32. The summed E-state index contributed by atoms with van der Waals surface area (Å²) < 4.78 is 55.3. The highest BCUT2D eigenvalue weighted by Gasteiger charge is 2.38. The number of carbonyl (C=O) groups is 1. The Balaban J connectivity index is 1.33. The number of nitrogens with zero attached hydrogens (tertiary/aromatic N) is 2. The van der Waals surface area contributed by atoms with Crippen LogP contribution in [0.15, 0.2) is 70.6 Å². The van der Waals surface area contributed by atoms with Crippen LogP contribution in [0.5, 0.6) is 5.75 Å². The Morgan fingerprint density at radius 1 is 0.935 bits per heavy atom. The van der Waals surface area contributed by atoms with Gasteiger partial charge in [0.1, 0.15) is 11.8 Å². The number of hydrogen-bond donors (Lipinski definition) is 1. The molecule has 164 valence electrons. The minimum absolute atomic E-state index is 0.0115. The maximum atomic E-state index is 12.7. The Hall–Kier alpha value is -2.82. The maximum absolute atomic E-state index is 12.7. The first kappa shape index (κ1) is 21.4. The Labute approximate surface area is 178 Å². The molecule has 7 nitrogen and oxygen atoms in total. The molecule has 2 N–H and O–H groups in total. The Kier molecular flexibility index (Phi) is 5.78. The molecule has 31 heavy (non-hydrogen) atoms. The molecule has 2 fully saturated rings. The molecule has 0 spiro atoms. The number of likely N-dealkylation sites (tertiary alicyclic amines) is 1. The third-order valence-electron chi connectivity index (χ3n) is 5.42. The number of sulfonamides is 1. The zero-order chi connectivity index (χ0) is 22.2. The minimum Gasteiger partial charge on any atom is -0.435 e. The van der Waals surface area contributed by atoms with Crippen LogP contribution in [0.2, 0.25) is 0 Å². The van der Waals surface area contributed by atoms with Crippen LogP contribution in [0.3, 0.4) is 0 Å². The quantitative estimate of drug-likeness (QED) is 0.682. The second-order valence-corrected chi connectivity index (χ2v) is 9.35. The molecule has 0 aromatic heterocycles. The van der Waals surface area contributed by atoms with E-state index in [4.69, 9.17) is 5.73 Å². The van der Waals surface area contributed by atoms with E-state index in [1.807, 2.05) is 30.3 Å². The summed E-state index contributed by atoms with van der Waals surface area (Å²) in [4.78, 5) is 14.2. The third-order valence-corrected chi connectivity index (χ3v) is 7.23. The van der Waals surface area contributed by atoms with Crippen molar-refractivity contribution < 1.29 is 26.7 Å². The summed E-state index contributed by atoms with van der Waals surface area (Å²) in [7, 11) is -3.72. The van der Waals surface area contributed by atoms with Crippen molar-refractivity contribution in [1.82, 2.24) is 9.21 Å². The fourth-order valence-electron chi connectivity index (χ4n) is 3.51. The number of hydrogen-bond acceptors (Lipinski definition) is 5. The van der Waals surface area contributed by atoms with Gasteiger partial charge in [-0.15, -0.1) is 0 Å². The van der Waals surface area contributed by atoms with Crippen molar-refractivity contribution in [3.05, 3.63) is 71.3 Å². The standard InChI is InChI=1S/C21H21F2N3O4S/c22-21(23)30-17-6-8-18(9-7-17)31(28,29)26-12-16(13-26)15-10-25(11-15)20(27)19(24)14-4-2-1-3-5-14/h1-9,19,21H,10-13,24H2. The van der Waals surface area contributed by atoms with E-state index in [1.165, 1.54) is 28.6 Å². The average molecular weight is 449 g/mol. The molecule has 2 aromatic rings. The van der Waals surface area contributed by atoms with Crippen LogP contribution >= 0.6 is 0 Å². The smallest absolute Gasteiger partial charge is 0.387 e. The minimum atomic E-state index is -3.72. The molecule has 2 heterocycles. The molecule has 0 saturated carbocycles. The monoisotopic (exact) mass is 449 g/mol. The molecule has 0 radical (unpaired) electrons. The average Bonchev–Trinajstić information content (AvgIpc) is 2.68. The summed E-state index contributed by atoms with van der Waals surface area (Å²) >= 11 is 0. The zero-order valence-corrected chi connectivity index (χ0v) is 17.3. The molecule has 1 atom stereocenters. The summed E-state index contributed by atoms with van der Waals surface area (Å²) in [6.07, 6.45) is 0. The van der Waals surface area contributed by atoms with Gasteiger partial charge in [-0.1, -0.05) is 30.3 Å². The van der Waals surface area contributed by atoms with Crippen LogP contribution in [-0.4, -0.2) is 56.3 Å². The molecule has 0 bridgehead atoms. The fourth-order valence-corrected chi connectivity index (χ4v) is 4.94. The predicted octanol–water partition coefficient (Wildman–Crippen LogP) is 2.13. The zero-order valence-electron chi connectivity index (χ0n) is 16.4. The van der Waals surface area contributed by atoms with Crippen molar-refractivity contribution in [3.63, 3.8) is 0 Å². The highest BCUT2D eigenvalue weighted by Crippen LogP contribution is 2.31. The van der Waals surface area contributed by atoms with Crippen LogP contribution in [0.4, 0.5) is 8.78 Å². The van der Waals surface area contributed by atoms with Gasteiger partial charge in [0.15, 0.2) is 0 Å². The largest absolute Gasteiger partial charge is 0.435 e. The number of carbonyl (C=O) groups excluding carboxylic acids is 1. The summed E-state index contributed by atoms with van der Waals surface area (Å²) in [6, 6.07) is 13.3. The first-order valence-electron chi connectivity index (χ1n) is 9.60. The number of halogens is 2. The van der Waals surface area contributed by atoms with E-state index in [1.54, 1.807) is 4.90 Å². The lowest BCUT2D eigenvalue weighted by molar-refractivity contribution is -0.134. The van der Waals surface area contributed by atoms with Gasteiger partial charge >= 0.3 is 6.61 Å². The predicted molar refractivity (Wildman–Crippen MR) is 109 cm³/mol. The lowest BCUT2D eigenvalue weighted by atomic mass is 9.95. The Bertz CT molecular complexity index is 1090. The van der Waals surface area contributed by atoms with E-state index in [-0.39, 0.29) is 29.6 Å². The van der Waals surface area contributed by atoms with E-state index in [9.17, 15) is 22.0 Å². The van der Waals surface area contributed by atoms with E-state index >= 15 is 0 Å². The van der Waals surface area contributed by atoms with Gasteiger partial charge in [-0.25, -0.2) is 8.42 Å². The number of ether oxygens (including phenoxy) is 1. The van der Waals surface area contributed by atoms with Gasteiger partial charge in [0.25, 0.3) is 0 Å². The fraction of sp³-hybridized carbons (Fsp3) is 0.286. The first-order valence-corrected chi connectivity index (χ1v) is 11.0. The van der Waals surface area contributed by atoms with Crippen molar-refractivity contribution in [2.24, 2.45) is 5.73 Å². The Morgan fingerprint density at radius 2 is 1.52 bits per heavy atom.